The highest BCUT2D eigenvalue weighted by atomic mass is 16.2. The van der Waals surface area contributed by atoms with Crippen molar-refractivity contribution in [1.82, 2.24) is 16.0 Å². The second-order valence-electron chi connectivity index (χ2n) is 3.90. The standard InChI is InChI=1S/C10H21N3O2/c1-6(2)12-10(15)8(4)13-9(14)7(3)11-5/h6-8,11H,1-5H3,(H,12,15)(H,13,14). The van der Waals surface area contributed by atoms with E-state index in [0.717, 1.165) is 0 Å². The average molecular weight is 215 g/mol. The van der Waals surface area contributed by atoms with Crippen LogP contribution >= 0.6 is 0 Å². The first kappa shape index (κ1) is 13.9. The molecule has 2 unspecified atom stereocenters. The Hall–Kier alpha value is -1.10. The summed E-state index contributed by atoms with van der Waals surface area (Å²) in [4.78, 5) is 22.9. The Morgan fingerprint density at radius 1 is 0.867 bits per heavy atom. The minimum Gasteiger partial charge on any atom is -0.352 e. The predicted octanol–water partition coefficient (Wildman–Crippen LogP) is -0.376. The maximum absolute atomic E-state index is 11.5. The molecular formula is C10H21N3O2. The zero-order chi connectivity index (χ0) is 12.0. The molecule has 0 saturated heterocycles. The molecule has 0 bridgehead atoms. The number of rotatable bonds is 5. The quantitative estimate of drug-likeness (QED) is 0.585. The van der Waals surface area contributed by atoms with E-state index in [9.17, 15) is 9.59 Å². The molecule has 0 aromatic carbocycles. The Kier molecular flexibility index (Phi) is 5.93. The Labute approximate surface area is 91.0 Å². The van der Waals surface area contributed by atoms with Crippen LogP contribution in [0.5, 0.6) is 0 Å². The molecule has 0 aliphatic rings. The van der Waals surface area contributed by atoms with Gasteiger partial charge in [-0.3, -0.25) is 9.59 Å². The molecule has 2 amide bonds. The van der Waals surface area contributed by atoms with Gasteiger partial charge in [-0.2, -0.15) is 0 Å². The third kappa shape index (κ3) is 5.37. The van der Waals surface area contributed by atoms with Crippen molar-refractivity contribution in [3.63, 3.8) is 0 Å². The van der Waals surface area contributed by atoms with Crippen LogP contribution in [-0.2, 0) is 9.59 Å². The minimum absolute atomic E-state index is 0.0820. The number of amides is 2. The van der Waals surface area contributed by atoms with Crippen LogP contribution in [0.3, 0.4) is 0 Å². The first-order valence-electron chi connectivity index (χ1n) is 5.16. The summed E-state index contributed by atoms with van der Waals surface area (Å²) in [7, 11) is 1.70. The van der Waals surface area contributed by atoms with Gasteiger partial charge in [0.1, 0.15) is 6.04 Å². The predicted molar refractivity (Wildman–Crippen MR) is 59.4 cm³/mol. The molecular weight excluding hydrogens is 194 g/mol. The molecule has 0 rings (SSSR count). The molecule has 0 aliphatic heterocycles. The summed E-state index contributed by atoms with van der Waals surface area (Å²) in [5.74, 6) is -0.342. The molecule has 3 N–H and O–H groups in total. The van der Waals surface area contributed by atoms with Crippen molar-refractivity contribution in [2.45, 2.75) is 45.8 Å². The number of hydrogen-bond donors (Lipinski definition) is 3. The zero-order valence-electron chi connectivity index (χ0n) is 10.0. The number of hydrogen-bond acceptors (Lipinski definition) is 3. The van der Waals surface area contributed by atoms with Crippen LogP contribution in [0.15, 0.2) is 0 Å². The summed E-state index contributed by atoms with van der Waals surface area (Å²) < 4.78 is 0. The van der Waals surface area contributed by atoms with Gasteiger partial charge in [0.25, 0.3) is 0 Å². The van der Waals surface area contributed by atoms with E-state index in [0.29, 0.717) is 0 Å². The van der Waals surface area contributed by atoms with Crippen molar-refractivity contribution >= 4 is 11.8 Å². The summed E-state index contributed by atoms with van der Waals surface area (Å²) >= 11 is 0. The maximum atomic E-state index is 11.5. The number of likely N-dealkylation sites (N-methyl/N-ethyl adjacent to an activating group) is 1. The topological polar surface area (TPSA) is 70.2 Å². The molecule has 5 nitrogen and oxygen atoms in total. The third-order valence-electron chi connectivity index (χ3n) is 2.01. The van der Waals surface area contributed by atoms with Gasteiger partial charge in [-0.1, -0.05) is 0 Å². The normalized spacial score (nSPS) is 14.5. The molecule has 0 aliphatic carbocycles. The van der Waals surface area contributed by atoms with Crippen molar-refractivity contribution in [2.75, 3.05) is 7.05 Å². The zero-order valence-corrected chi connectivity index (χ0v) is 10.0. The van der Waals surface area contributed by atoms with E-state index in [2.05, 4.69) is 16.0 Å². The third-order valence-corrected chi connectivity index (χ3v) is 2.01. The smallest absolute Gasteiger partial charge is 0.242 e. The largest absolute Gasteiger partial charge is 0.352 e. The van der Waals surface area contributed by atoms with Gasteiger partial charge in [-0.25, -0.2) is 0 Å². The van der Waals surface area contributed by atoms with Crippen molar-refractivity contribution in [2.24, 2.45) is 0 Å². The second kappa shape index (κ2) is 6.40. The number of carbonyl (C=O) groups is 2. The highest BCUT2D eigenvalue weighted by molar-refractivity contribution is 5.89. The fourth-order valence-electron chi connectivity index (χ4n) is 0.945. The molecule has 0 aromatic rings. The molecule has 2 atom stereocenters. The van der Waals surface area contributed by atoms with Crippen LogP contribution < -0.4 is 16.0 Å². The fourth-order valence-corrected chi connectivity index (χ4v) is 0.945. The van der Waals surface area contributed by atoms with E-state index in [4.69, 9.17) is 0 Å². The van der Waals surface area contributed by atoms with E-state index in [1.54, 1.807) is 20.9 Å². The maximum Gasteiger partial charge on any atom is 0.242 e. The lowest BCUT2D eigenvalue weighted by Crippen LogP contribution is -2.51. The highest BCUT2D eigenvalue weighted by Gasteiger charge is 2.18. The SMILES string of the molecule is CNC(C)C(=O)NC(C)C(=O)NC(C)C. The van der Waals surface area contributed by atoms with Crippen LogP contribution in [0.25, 0.3) is 0 Å². The van der Waals surface area contributed by atoms with Crippen LogP contribution in [0.1, 0.15) is 27.7 Å². The van der Waals surface area contributed by atoms with Gasteiger partial charge >= 0.3 is 0 Å². The van der Waals surface area contributed by atoms with E-state index in [-0.39, 0.29) is 23.9 Å². The van der Waals surface area contributed by atoms with Gasteiger partial charge in [0.15, 0.2) is 0 Å². The summed E-state index contributed by atoms with van der Waals surface area (Å²) in [6.45, 7) is 7.16. The lowest BCUT2D eigenvalue weighted by atomic mass is 10.2. The van der Waals surface area contributed by atoms with Crippen LogP contribution in [0.4, 0.5) is 0 Å². The lowest BCUT2D eigenvalue weighted by molar-refractivity contribution is -0.129. The average Bonchev–Trinajstić information content (AvgIpc) is 2.15. The van der Waals surface area contributed by atoms with E-state index in [1.807, 2.05) is 13.8 Å². The molecule has 0 aromatic heterocycles. The van der Waals surface area contributed by atoms with Gasteiger partial charge in [0.2, 0.25) is 11.8 Å². The Morgan fingerprint density at radius 2 is 1.33 bits per heavy atom. The van der Waals surface area contributed by atoms with Gasteiger partial charge in [0, 0.05) is 6.04 Å². The Bertz CT molecular complexity index is 229. The summed E-state index contributed by atoms with van der Waals surface area (Å²) in [5.41, 5.74) is 0. The van der Waals surface area contributed by atoms with Gasteiger partial charge < -0.3 is 16.0 Å². The van der Waals surface area contributed by atoms with Gasteiger partial charge in [0.05, 0.1) is 6.04 Å². The molecule has 0 radical (unpaired) electrons. The second-order valence-corrected chi connectivity index (χ2v) is 3.90. The fraction of sp³-hybridized carbons (Fsp3) is 0.800. The van der Waals surface area contributed by atoms with E-state index < -0.39 is 6.04 Å². The minimum atomic E-state index is -0.504. The van der Waals surface area contributed by atoms with Crippen molar-refractivity contribution in [1.29, 1.82) is 0 Å². The van der Waals surface area contributed by atoms with Gasteiger partial charge in [-0.05, 0) is 34.7 Å². The van der Waals surface area contributed by atoms with Crippen LogP contribution in [0.2, 0.25) is 0 Å². The van der Waals surface area contributed by atoms with Crippen molar-refractivity contribution < 1.29 is 9.59 Å². The summed E-state index contributed by atoms with van der Waals surface area (Å²) in [6, 6.07) is -0.714. The van der Waals surface area contributed by atoms with Gasteiger partial charge in [-0.15, -0.1) is 0 Å². The molecule has 0 fully saturated rings. The molecule has 0 saturated carbocycles. The van der Waals surface area contributed by atoms with E-state index in [1.165, 1.54) is 0 Å². The van der Waals surface area contributed by atoms with E-state index >= 15 is 0 Å². The molecule has 15 heavy (non-hydrogen) atoms. The van der Waals surface area contributed by atoms with Crippen molar-refractivity contribution in [3.8, 4) is 0 Å². The molecule has 88 valence electrons. The number of carbonyl (C=O) groups excluding carboxylic acids is 2. The Balaban J connectivity index is 4.07. The monoisotopic (exact) mass is 215 g/mol. The lowest BCUT2D eigenvalue weighted by Gasteiger charge is -2.18. The number of nitrogens with one attached hydrogen (secondary N) is 3. The molecule has 0 heterocycles. The van der Waals surface area contributed by atoms with Crippen molar-refractivity contribution in [3.05, 3.63) is 0 Å². The Morgan fingerprint density at radius 3 is 1.73 bits per heavy atom. The summed E-state index contributed by atoms with van der Waals surface area (Å²) in [6.07, 6.45) is 0. The first-order valence-corrected chi connectivity index (χ1v) is 5.16. The highest BCUT2D eigenvalue weighted by Crippen LogP contribution is 1.88. The summed E-state index contributed by atoms with van der Waals surface area (Å²) in [5, 5.41) is 8.16. The van der Waals surface area contributed by atoms with Crippen LogP contribution in [-0.4, -0.2) is 37.0 Å². The molecule has 5 heteroatoms. The first-order chi connectivity index (χ1) is 6.88. The van der Waals surface area contributed by atoms with Crippen LogP contribution in [0, 0.1) is 0 Å². The molecule has 0 spiro atoms.